The Morgan fingerprint density at radius 3 is 2.54 bits per heavy atom. The molecule has 0 aliphatic rings. The number of esters is 1. The Hall–Kier alpha value is -1.32. The van der Waals surface area contributed by atoms with E-state index in [1.807, 2.05) is 19.9 Å². The largest absolute Gasteiger partial charge is 0.466 e. The van der Waals surface area contributed by atoms with Crippen LogP contribution in [-0.4, -0.2) is 36.8 Å². The Balaban J connectivity index is 0.00000729. The predicted molar refractivity (Wildman–Crippen MR) is 123 cm³/mol. The molecule has 0 saturated carbocycles. The lowest BCUT2D eigenvalue weighted by atomic mass is 10.1. The highest BCUT2D eigenvalue weighted by Crippen LogP contribution is 2.14. The second-order valence-corrected chi connectivity index (χ2v) is 6.82. The van der Waals surface area contributed by atoms with E-state index in [0.717, 1.165) is 62.6 Å². The number of guanidine groups is 1. The van der Waals surface area contributed by atoms with Gasteiger partial charge in [0, 0.05) is 25.6 Å². The summed E-state index contributed by atoms with van der Waals surface area (Å²) in [5.74, 6) is 1.84. The fourth-order valence-electron chi connectivity index (χ4n) is 2.54. The van der Waals surface area contributed by atoms with Gasteiger partial charge < -0.3 is 19.9 Å². The van der Waals surface area contributed by atoms with Crippen LogP contribution in [0, 0.1) is 0 Å². The van der Waals surface area contributed by atoms with E-state index in [9.17, 15) is 4.79 Å². The number of hydrogen-bond acceptors (Lipinski definition) is 5. The van der Waals surface area contributed by atoms with E-state index in [2.05, 4.69) is 34.6 Å². The van der Waals surface area contributed by atoms with Crippen molar-refractivity contribution in [3.8, 4) is 0 Å². The zero-order valence-electron chi connectivity index (χ0n) is 17.8. The van der Waals surface area contributed by atoms with Crippen molar-refractivity contribution in [2.75, 3.05) is 19.7 Å². The molecule has 1 aromatic heterocycles. The van der Waals surface area contributed by atoms with Crippen LogP contribution in [0.15, 0.2) is 15.6 Å². The van der Waals surface area contributed by atoms with Crippen molar-refractivity contribution in [3.63, 3.8) is 0 Å². The molecule has 0 bridgehead atoms. The highest BCUT2D eigenvalue weighted by Gasteiger charge is 2.07. The minimum absolute atomic E-state index is 0. The Bertz CT molecular complexity index is 561. The summed E-state index contributed by atoms with van der Waals surface area (Å²) in [5.41, 5.74) is 0.959. The molecule has 1 heterocycles. The van der Waals surface area contributed by atoms with Crippen molar-refractivity contribution in [3.05, 3.63) is 17.5 Å². The minimum atomic E-state index is -0.0852. The van der Waals surface area contributed by atoms with Crippen molar-refractivity contribution >= 4 is 35.9 Å². The first kappa shape index (κ1) is 26.7. The lowest BCUT2D eigenvalue weighted by Crippen LogP contribution is -2.37. The third-order valence-corrected chi connectivity index (χ3v) is 4.06. The maximum absolute atomic E-state index is 11.3. The van der Waals surface area contributed by atoms with Gasteiger partial charge in [-0.2, -0.15) is 0 Å². The van der Waals surface area contributed by atoms with E-state index in [-0.39, 0.29) is 29.9 Å². The van der Waals surface area contributed by atoms with Crippen LogP contribution in [0.1, 0.15) is 83.6 Å². The van der Waals surface area contributed by atoms with Gasteiger partial charge in [-0.3, -0.25) is 4.79 Å². The number of aromatic nitrogens is 1. The number of carbonyl (C=O) groups excluding carboxylic acids is 1. The van der Waals surface area contributed by atoms with Crippen molar-refractivity contribution in [2.45, 2.75) is 78.7 Å². The van der Waals surface area contributed by atoms with Crippen LogP contribution in [0.25, 0.3) is 0 Å². The SMILES string of the molecule is CCNC(=NCc1cc(C(C)C)no1)NCCCCCCCC(=O)OCC.I. The van der Waals surface area contributed by atoms with Crippen LogP contribution in [0.5, 0.6) is 0 Å². The Morgan fingerprint density at radius 2 is 1.89 bits per heavy atom. The molecule has 0 saturated heterocycles. The number of unbranched alkanes of at least 4 members (excludes halogenated alkanes) is 4. The average Bonchev–Trinajstić information content (AvgIpc) is 3.11. The number of ether oxygens (including phenoxy) is 1. The zero-order valence-corrected chi connectivity index (χ0v) is 20.1. The lowest BCUT2D eigenvalue weighted by molar-refractivity contribution is -0.143. The number of halogens is 1. The van der Waals surface area contributed by atoms with E-state index in [4.69, 9.17) is 9.26 Å². The number of carbonyl (C=O) groups is 1. The third kappa shape index (κ3) is 12.2. The predicted octanol–water partition coefficient (Wildman–Crippen LogP) is 4.37. The van der Waals surface area contributed by atoms with Crippen molar-refractivity contribution in [1.82, 2.24) is 15.8 Å². The summed E-state index contributed by atoms with van der Waals surface area (Å²) in [6.45, 7) is 10.7. The number of nitrogens with zero attached hydrogens (tertiary/aromatic N) is 2. The van der Waals surface area contributed by atoms with Gasteiger partial charge in [0.15, 0.2) is 11.7 Å². The van der Waals surface area contributed by atoms with Gasteiger partial charge in [-0.05, 0) is 32.6 Å². The smallest absolute Gasteiger partial charge is 0.305 e. The van der Waals surface area contributed by atoms with Crippen LogP contribution in [0.4, 0.5) is 0 Å². The molecule has 7 nitrogen and oxygen atoms in total. The van der Waals surface area contributed by atoms with E-state index in [0.29, 0.717) is 25.5 Å². The fourth-order valence-corrected chi connectivity index (χ4v) is 2.54. The molecule has 162 valence electrons. The fraction of sp³-hybridized carbons (Fsp3) is 0.750. The maximum Gasteiger partial charge on any atom is 0.305 e. The molecule has 0 spiro atoms. The Labute approximate surface area is 186 Å². The molecule has 0 unspecified atom stereocenters. The highest BCUT2D eigenvalue weighted by molar-refractivity contribution is 14.0. The van der Waals surface area contributed by atoms with E-state index in [1.165, 1.54) is 0 Å². The van der Waals surface area contributed by atoms with Gasteiger partial charge in [-0.15, -0.1) is 24.0 Å². The number of nitrogens with one attached hydrogen (secondary N) is 2. The van der Waals surface area contributed by atoms with E-state index in [1.54, 1.807) is 0 Å². The number of aliphatic imine (C=N–C) groups is 1. The zero-order chi connectivity index (χ0) is 19.9. The molecular formula is C20H37IN4O3. The molecule has 1 rings (SSSR count). The topological polar surface area (TPSA) is 88.8 Å². The average molecular weight is 508 g/mol. The lowest BCUT2D eigenvalue weighted by Gasteiger charge is -2.10. The Morgan fingerprint density at radius 1 is 1.18 bits per heavy atom. The summed E-state index contributed by atoms with van der Waals surface area (Å²) in [4.78, 5) is 15.8. The standard InChI is InChI=1S/C20H36N4O3.HI/c1-5-21-20(23-15-17-14-18(16(3)4)24-27-17)22-13-11-9-7-8-10-12-19(25)26-6-2;/h14,16H,5-13,15H2,1-4H3,(H2,21,22,23);1H. The molecule has 0 atom stereocenters. The first-order valence-corrected chi connectivity index (χ1v) is 10.2. The molecular weight excluding hydrogens is 471 g/mol. The van der Waals surface area contributed by atoms with Crippen LogP contribution in [-0.2, 0) is 16.1 Å². The van der Waals surface area contributed by atoms with Gasteiger partial charge in [-0.25, -0.2) is 4.99 Å². The summed E-state index contributed by atoms with van der Waals surface area (Å²) in [6.07, 6.45) is 5.84. The maximum atomic E-state index is 11.3. The quantitative estimate of drug-likeness (QED) is 0.135. The molecule has 0 amide bonds. The second-order valence-electron chi connectivity index (χ2n) is 6.82. The van der Waals surface area contributed by atoms with Crippen molar-refractivity contribution in [2.24, 2.45) is 4.99 Å². The van der Waals surface area contributed by atoms with E-state index >= 15 is 0 Å². The third-order valence-electron chi connectivity index (χ3n) is 4.06. The minimum Gasteiger partial charge on any atom is -0.466 e. The number of hydrogen-bond donors (Lipinski definition) is 2. The molecule has 8 heteroatoms. The molecule has 28 heavy (non-hydrogen) atoms. The van der Waals surface area contributed by atoms with Crippen molar-refractivity contribution in [1.29, 1.82) is 0 Å². The molecule has 0 aliphatic heterocycles. The normalized spacial score (nSPS) is 11.2. The highest BCUT2D eigenvalue weighted by atomic mass is 127. The molecule has 0 aliphatic carbocycles. The Kier molecular flexibility index (Phi) is 15.8. The first-order chi connectivity index (χ1) is 13.1. The van der Waals surface area contributed by atoms with Crippen LogP contribution in [0.2, 0.25) is 0 Å². The first-order valence-electron chi connectivity index (χ1n) is 10.2. The van der Waals surface area contributed by atoms with Gasteiger partial charge in [0.05, 0.1) is 12.3 Å². The molecule has 2 N–H and O–H groups in total. The molecule has 1 aromatic rings. The summed E-state index contributed by atoms with van der Waals surface area (Å²) in [6, 6.07) is 1.97. The number of rotatable bonds is 13. The van der Waals surface area contributed by atoms with Gasteiger partial charge in [-0.1, -0.05) is 38.3 Å². The van der Waals surface area contributed by atoms with Crippen LogP contribution in [0.3, 0.4) is 0 Å². The van der Waals surface area contributed by atoms with Crippen LogP contribution >= 0.6 is 24.0 Å². The summed E-state index contributed by atoms with van der Waals surface area (Å²) in [5, 5.41) is 10.7. The van der Waals surface area contributed by atoms with Gasteiger partial charge in [0.2, 0.25) is 0 Å². The van der Waals surface area contributed by atoms with Crippen molar-refractivity contribution < 1.29 is 14.1 Å². The summed E-state index contributed by atoms with van der Waals surface area (Å²) < 4.78 is 10.2. The molecule has 0 radical (unpaired) electrons. The van der Waals surface area contributed by atoms with Gasteiger partial charge >= 0.3 is 5.97 Å². The van der Waals surface area contributed by atoms with Gasteiger partial charge in [0.1, 0.15) is 6.54 Å². The van der Waals surface area contributed by atoms with Crippen LogP contribution < -0.4 is 10.6 Å². The monoisotopic (exact) mass is 508 g/mol. The molecule has 0 fully saturated rings. The molecule has 0 aromatic carbocycles. The summed E-state index contributed by atoms with van der Waals surface area (Å²) in [7, 11) is 0. The van der Waals surface area contributed by atoms with E-state index < -0.39 is 0 Å². The summed E-state index contributed by atoms with van der Waals surface area (Å²) >= 11 is 0. The second kappa shape index (κ2) is 16.6. The van der Waals surface area contributed by atoms with Gasteiger partial charge in [0.25, 0.3) is 0 Å².